The molecule has 0 saturated heterocycles. The zero-order valence-corrected chi connectivity index (χ0v) is 17.1. The summed E-state index contributed by atoms with van der Waals surface area (Å²) in [5.74, 6) is -0.354. The predicted molar refractivity (Wildman–Crippen MR) is 112 cm³/mol. The van der Waals surface area contributed by atoms with Gasteiger partial charge in [0.1, 0.15) is 5.82 Å². The Bertz CT molecular complexity index is 1010. The molecule has 0 unspecified atom stereocenters. The van der Waals surface area contributed by atoms with Crippen molar-refractivity contribution in [2.75, 3.05) is 11.9 Å². The second kappa shape index (κ2) is 8.31. The Hall–Kier alpha value is -3.41. The lowest BCUT2D eigenvalue weighted by atomic mass is 9.85. The van der Waals surface area contributed by atoms with E-state index in [0.717, 1.165) is 22.5 Å². The number of esters is 1. The van der Waals surface area contributed by atoms with Crippen molar-refractivity contribution in [3.63, 3.8) is 0 Å². The summed E-state index contributed by atoms with van der Waals surface area (Å²) >= 11 is 0. The molecule has 0 fully saturated rings. The summed E-state index contributed by atoms with van der Waals surface area (Å²) in [6, 6.07) is 18.9. The quantitative estimate of drug-likeness (QED) is 0.646. The van der Waals surface area contributed by atoms with Crippen molar-refractivity contribution in [3.8, 4) is 5.69 Å². The number of aromatic nitrogens is 2. The average molecular weight is 391 g/mol. The number of benzene rings is 2. The first-order chi connectivity index (χ1) is 13.8. The van der Waals surface area contributed by atoms with Crippen molar-refractivity contribution in [1.29, 1.82) is 0 Å². The van der Waals surface area contributed by atoms with Crippen LogP contribution < -0.4 is 5.32 Å². The molecule has 0 aliphatic heterocycles. The maximum Gasteiger partial charge on any atom is 0.316 e. The van der Waals surface area contributed by atoms with E-state index < -0.39 is 17.3 Å². The first-order valence-corrected chi connectivity index (χ1v) is 9.43. The smallest absolute Gasteiger partial charge is 0.316 e. The topological polar surface area (TPSA) is 73.2 Å². The standard InChI is InChI=1S/C23H25N3O3/c1-16-10-12-19(13-11-16)26-20(14-17(2)25-26)24-21(27)15-29-22(28)23(3,4)18-8-6-5-7-9-18/h5-14H,15H2,1-4H3,(H,24,27). The third kappa shape index (κ3) is 4.71. The van der Waals surface area contributed by atoms with Gasteiger partial charge in [-0.15, -0.1) is 0 Å². The molecule has 0 aliphatic carbocycles. The lowest BCUT2D eigenvalue weighted by molar-refractivity contribution is -0.152. The lowest BCUT2D eigenvalue weighted by Crippen LogP contribution is -2.33. The largest absolute Gasteiger partial charge is 0.455 e. The molecule has 1 amide bonds. The van der Waals surface area contributed by atoms with Gasteiger partial charge in [-0.05, 0) is 45.4 Å². The average Bonchev–Trinajstić information content (AvgIpc) is 3.07. The van der Waals surface area contributed by atoms with E-state index in [0.29, 0.717) is 5.82 Å². The maximum atomic E-state index is 12.5. The third-order valence-corrected chi connectivity index (χ3v) is 4.72. The number of ether oxygens (including phenoxy) is 1. The summed E-state index contributed by atoms with van der Waals surface area (Å²) < 4.78 is 6.94. The van der Waals surface area contributed by atoms with Gasteiger partial charge in [0.2, 0.25) is 0 Å². The molecule has 0 spiro atoms. The van der Waals surface area contributed by atoms with E-state index in [-0.39, 0.29) is 6.61 Å². The number of aryl methyl sites for hydroxylation is 2. The van der Waals surface area contributed by atoms with Crippen LogP contribution in [0.4, 0.5) is 5.82 Å². The molecule has 0 aliphatic rings. The molecular weight excluding hydrogens is 366 g/mol. The predicted octanol–water partition coefficient (Wildman–Crippen LogP) is 3.95. The van der Waals surface area contributed by atoms with Crippen LogP contribution in [0.3, 0.4) is 0 Å². The van der Waals surface area contributed by atoms with E-state index in [1.807, 2.05) is 68.4 Å². The Morgan fingerprint density at radius 2 is 1.69 bits per heavy atom. The molecule has 2 aromatic carbocycles. The summed E-state index contributed by atoms with van der Waals surface area (Å²) in [5, 5.41) is 7.21. The van der Waals surface area contributed by atoms with Crippen LogP contribution in [0, 0.1) is 13.8 Å². The number of nitrogens with zero attached hydrogens (tertiary/aromatic N) is 2. The van der Waals surface area contributed by atoms with Crippen LogP contribution in [0.5, 0.6) is 0 Å². The van der Waals surface area contributed by atoms with Crippen LogP contribution in [0.1, 0.15) is 30.7 Å². The molecular formula is C23H25N3O3. The second-order valence-corrected chi connectivity index (χ2v) is 7.53. The molecule has 0 radical (unpaired) electrons. The van der Waals surface area contributed by atoms with Gasteiger partial charge in [-0.2, -0.15) is 5.10 Å². The number of hydrogen-bond acceptors (Lipinski definition) is 4. The first kappa shape index (κ1) is 20.3. The number of anilines is 1. The summed E-state index contributed by atoms with van der Waals surface area (Å²) in [6.07, 6.45) is 0. The van der Waals surface area contributed by atoms with E-state index in [1.54, 1.807) is 24.6 Å². The minimum absolute atomic E-state index is 0.368. The van der Waals surface area contributed by atoms with Crippen LogP contribution in [0.15, 0.2) is 60.7 Å². The Balaban J connectivity index is 1.66. The van der Waals surface area contributed by atoms with Gasteiger partial charge in [-0.3, -0.25) is 9.59 Å². The summed E-state index contributed by atoms with van der Waals surface area (Å²) in [7, 11) is 0. The Kier molecular flexibility index (Phi) is 5.82. The third-order valence-electron chi connectivity index (χ3n) is 4.72. The minimum Gasteiger partial charge on any atom is -0.455 e. The van der Waals surface area contributed by atoms with Crippen LogP contribution in [-0.2, 0) is 19.7 Å². The van der Waals surface area contributed by atoms with E-state index in [4.69, 9.17) is 4.74 Å². The fourth-order valence-electron chi connectivity index (χ4n) is 2.93. The number of nitrogens with one attached hydrogen (secondary N) is 1. The van der Waals surface area contributed by atoms with Crippen molar-refractivity contribution < 1.29 is 14.3 Å². The van der Waals surface area contributed by atoms with Crippen molar-refractivity contribution in [2.24, 2.45) is 0 Å². The van der Waals surface area contributed by atoms with Crippen molar-refractivity contribution >= 4 is 17.7 Å². The van der Waals surface area contributed by atoms with Crippen LogP contribution in [0.2, 0.25) is 0 Å². The molecule has 150 valence electrons. The van der Waals surface area contributed by atoms with E-state index in [9.17, 15) is 9.59 Å². The van der Waals surface area contributed by atoms with Gasteiger partial charge in [0, 0.05) is 6.07 Å². The van der Waals surface area contributed by atoms with Gasteiger partial charge < -0.3 is 10.1 Å². The van der Waals surface area contributed by atoms with Gasteiger partial charge in [-0.25, -0.2) is 4.68 Å². The molecule has 3 aromatic rings. The Morgan fingerprint density at radius 3 is 2.34 bits per heavy atom. The van der Waals surface area contributed by atoms with Gasteiger partial charge in [-0.1, -0.05) is 48.0 Å². The highest BCUT2D eigenvalue weighted by Gasteiger charge is 2.31. The fourth-order valence-corrected chi connectivity index (χ4v) is 2.93. The first-order valence-electron chi connectivity index (χ1n) is 9.43. The van der Waals surface area contributed by atoms with Gasteiger partial charge in [0.05, 0.1) is 16.8 Å². The van der Waals surface area contributed by atoms with Crippen molar-refractivity contribution in [2.45, 2.75) is 33.1 Å². The molecule has 1 aromatic heterocycles. The van der Waals surface area contributed by atoms with Crippen LogP contribution in [0.25, 0.3) is 5.69 Å². The summed E-state index contributed by atoms with van der Waals surface area (Å²) in [4.78, 5) is 24.9. The lowest BCUT2D eigenvalue weighted by Gasteiger charge is -2.22. The van der Waals surface area contributed by atoms with Gasteiger partial charge in [0.15, 0.2) is 6.61 Å². The normalized spacial score (nSPS) is 11.2. The summed E-state index contributed by atoms with van der Waals surface area (Å²) in [6.45, 7) is 7.04. The minimum atomic E-state index is -0.845. The maximum absolute atomic E-state index is 12.5. The monoisotopic (exact) mass is 391 g/mol. The van der Waals surface area contributed by atoms with E-state index in [1.165, 1.54) is 0 Å². The Labute approximate surface area is 170 Å². The molecule has 0 bridgehead atoms. The zero-order chi connectivity index (χ0) is 21.0. The number of hydrogen-bond donors (Lipinski definition) is 1. The van der Waals surface area contributed by atoms with E-state index >= 15 is 0 Å². The molecule has 29 heavy (non-hydrogen) atoms. The highest BCUT2D eigenvalue weighted by molar-refractivity contribution is 5.93. The second-order valence-electron chi connectivity index (χ2n) is 7.53. The highest BCUT2D eigenvalue weighted by atomic mass is 16.5. The molecule has 3 rings (SSSR count). The van der Waals surface area contributed by atoms with Gasteiger partial charge in [0.25, 0.3) is 5.91 Å². The number of carbonyl (C=O) groups is 2. The number of rotatable bonds is 6. The fraction of sp³-hybridized carbons (Fsp3) is 0.261. The Morgan fingerprint density at radius 1 is 1.03 bits per heavy atom. The molecule has 6 heteroatoms. The highest BCUT2D eigenvalue weighted by Crippen LogP contribution is 2.24. The molecule has 0 saturated carbocycles. The number of amides is 1. The van der Waals surface area contributed by atoms with Crippen molar-refractivity contribution in [1.82, 2.24) is 9.78 Å². The molecule has 0 atom stereocenters. The molecule has 6 nitrogen and oxygen atoms in total. The zero-order valence-electron chi connectivity index (χ0n) is 17.1. The van der Waals surface area contributed by atoms with Crippen LogP contribution >= 0.6 is 0 Å². The van der Waals surface area contributed by atoms with Crippen molar-refractivity contribution in [3.05, 3.63) is 77.5 Å². The molecule has 1 N–H and O–H groups in total. The van der Waals surface area contributed by atoms with Gasteiger partial charge >= 0.3 is 5.97 Å². The SMILES string of the molecule is Cc1ccc(-n2nc(C)cc2NC(=O)COC(=O)C(C)(C)c2ccccc2)cc1. The summed E-state index contributed by atoms with van der Waals surface area (Å²) in [5.41, 5.74) is 2.72. The number of carbonyl (C=O) groups excluding carboxylic acids is 2. The molecule has 1 heterocycles. The van der Waals surface area contributed by atoms with E-state index in [2.05, 4.69) is 10.4 Å². The van der Waals surface area contributed by atoms with Crippen LogP contribution in [-0.4, -0.2) is 28.3 Å².